The molecule has 0 nitrogen and oxygen atoms in total. The predicted octanol–water partition coefficient (Wildman–Crippen LogP) is 1.79. The molecular formula is C6H3Cl2In. The van der Waals surface area contributed by atoms with Gasteiger partial charge in [0.25, 0.3) is 0 Å². The van der Waals surface area contributed by atoms with Crippen LogP contribution < -0.4 is 3.32 Å². The maximum absolute atomic E-state index is 5.78. The molecule has 2 radical (unpaired) electrons. The van der Waals surface area contributed by atoms with Crippen LogP contribution in [-0.2, 0) is 0 Å². The first-order valence-electron chi connectivity index (χ1n) is 2.41. The van der Waals surface area contributed by atoms with Crippen LogP contribution >= 0.6 is 23.2 Å². The fourth-order valence-corrected chi connectivity index (χ4v) is 1.85. The number of hydrogen-bond acceptors (Lipinski definition) is 0. The Morgan fingerprint density at radius 3 is 2.33 bits per heavy atom. The molecule has 0 saturated carbocycles. The Labute approximate surface area is 78.7 Å². The second-order valence-electron chi connectivity index (χ2n) is 1.64. The van der Waals surface area contributed by atoms with Crippen molar-refractivity contribution in [3.05, 3.63) is 28.2 Å². The Bertz CT molecular complexity index is 202. The molecule has 0 saturated heterocycles. The summed E-state index contributed by atoms with van der Waals surface area (Å²) in [5.41, 5.74) is 0. The third-order valence-corrected chi connectivity index (χ3v) is 3.71. The Morgan fingerprint density at radius 1 is 1.22 bits per heavy atom. The van der Waals surface area contributed by atoms with E-state index in [1.54, 1.807) is 6.07 Å². The second kappa shape index (κ2) is 3.18. The summed E-state index contributed by atoms with van der Waals surface area (Å²) in [7, 11) is 0. The van der Waals surface area contributed by atoms with E-state index in [-0.39, 0.29) is 0 Å². The second-order valence-corrected chi connectivity index (χ2v) is 4.20. The molecule has 1 rings (SSSR count). The molecule has 0 aliphatic carbocycles. The van der Waals surface area contributed by atoms with Gasteiger partial charge in [0.15, 0.2) is 0 Å². The average molecular weight is 261 g/mol. The normalized spacial score (nSPS) is 9.56. The first kappa shape index (κ1) is 7.77. The van der Waals surface area contributed by atoms with Gasteiger partial charge in [0.2, 0.25) is 0 Å². The Hall–Kier alpha value is 0.670. The van der Waals surface area contributed by atoms with Gasteiger partial charge in [0.1, 0.15) is 0 Å². The molecule has 0 aliphatic heterocycles. The molecular weight excluding hydrogens is 258 g/mol. The molecule has 0 bridgehead atoms. The molecule has 0 aliphatic rings. The summed E-state index contributed by atoms with van der Waals surface area (Å²) < 4.78 is 1.15. The standard InChI is InChI=1S/C6H3Cl2.In/c7-5-3-1-2-4-6(5)8;/h1-3H;. The van der Waals surface area contributed by atoms with Crippen molar-refractivity contribution in [3.63, 3.8) is 0 Å². The molecule has 0 spiro atoms. The fourth-order valence-electron chi connectivity index (χ4n) is 0.520. The van der Waals surface area contributed by atoms with Crippen LogP contribution in [0, 0.1) is 0 Å². The summed E-state index contributed by atoms with van der Waals surface area (Å²) in [6, 6.07) is 5.69. The molecule has 0 N–H and O–H groups in total. The zero-order valence-electron chi connectivity index (χ0n) is 4.57. The SMILES string of the molecule is Clc1ccc[c]([In])c1Cl. The molecule has 0 atom stereocenters. The van der Waals surface area contributed by atoms with Crippen molar-refractivity contribution in [2.75, 3.05) is 0 Å². The van der Waals surface area contributed by atoms with Crippen LogP contribution in [0.4, 0.5) is 0 Å². The molecule has 0 unspecified atom stereocenters. The van der Waals surface area contributed by atoms with Gasteiger partial charge in [-0.25, -0.2) is 0 Å². The number of halogens is 2. The van der Waals surface area contributed by atoms with E-state index in [9.17, 15) is 0 Å². The summed E-state index contributed by atoms with van der Waals surface area (Å²) in [4.78, 5) is 0. The van der Waals surface area contributed by atoms with Crippen LogP contribution in [0.5, 0.6) is 0 Å². The molecule has 0 aromatic heterocycles. The minimum absolute atomic E-state index is 0.654. The number of rotatable bonds is 0. The van der Waals surface area contributed by atoms with E-state index in [0.717, 1.165) is 27.7 Å². The first-order chi connectivity index (χ1) is 4.22. The topological polar surface area (TPSA) is 0 Å². The van der Waals surface area contributed by atoms with E-state index in [4.69, 9.17) is 23.2 Å². The quantitative estimate of drug-likeness (QED) is 0.667. The Balaban J connectivity index is 3.25. The van der Waals surface area contributed by atoms with Crippen molar-refractivity contribution in [2.24, 2.45) is 0 Å². The molecule has 1 aromatic rings. The van der Waals surface area contributed by atoms with Gasteiger partial charge in [-0.3, -0.25) is 0 Å². The van der Waals surface area contributed by atoms with Crippen molar-refractivity contribution in [3.8, 4) is 0 Å². The fraction of sp³-hybridized carbons (Fsp3) is 0. The van der Waals surface area contributed by atoms with Crippen LogP contribution in [0.3, 0.4) is 0 Å². The predicted molar refractivity (Wildman–Crippen MR) is 41.9 cm³/mol. The van der Waals surface area contributed by atoms with Crippen molar-refractivity contribution in [1.82, 2.24) is 0 Å². The molecule has 0 fully saturated rings. The van der Waals surface area contributed by atoms with Crippen molar-refractivity contribution in [1.29, 1.82) is 0 Å². The van der Waals surface area contributed by atoms with E-state index in [1.165, 1.54) is 0 Å². The van der Waals surface area contributed by atoms with Crippen molar-refractivity contribution < 1.29 is 0 Å². The number of hydrogen-bond donors (Lipinski definition) is 0. The van der Waals surface area contributed by atoms with Crippen LogP contribution in [0.1, 0.15) is 0 Å². The van der Waals surface area contributed by atoms with Crippen LogP contribution in [-0.4, -0.2) is 24.4 Å². The molecule has 9 heavy (non-hydrogen) atoms. The monoisotopic (exact) mass is 260 g/mol. The average Bonchev–Trinajstić information content (AvgIpc) is 1.83. The zero-order valence-corrected chi connectivity index (χ0v) is 9.37. The molecule has 44 valence electrons. The summed E-state index contributed by atoms with van der Waals surface area (Å²) in [6.45, 7) is 0. The third kappa shape index (κ3) is 1.79. The summed E-state index contributed by atoms with van der Waals surface area (Å²) >= 11 is 12.5. The van der Waals surface area contributed by atoms with Gasteiger partial charge in [-0.1, -0.05) is 0 Å². The van der Waals surface area contributed by atoms with Crippen LogP contribution in [0.2, 0.25) is 10.0 Å². The van der Waals surface area contributed by atoms with E-state index < -0.39 is 0 Å². The first-order valence-corrected chi connectivity index (χ1v) is 4.81. The van der Waals surface area contributed by atoms with E-state index in [0.29, 0.717) is 10.0 Å². The summed E-state index contributed by atoms with van der Waals surface area (Å²) in [6.07, 6.45) is 0. The van der Waals surface area contributed by atoms with E-state index in [1.807, 2.05) is 12.1 Å². The van der Waals surface area contributed by atoms with Gasteiger partial charge in [0.05, 0.1) is 0 Å². The third-order valence-electron chi connectivity index (χ3n) is 0.981. The van der Waals surface area contributed by atoms with Gasteiger partial charge in [0, 0.05) is 0 Å². The Kier molecular flexibility index (Phi) is 2.74. The number of benzene rings is 1. The molecule has 0 amide bonds. The zero-order chi connectivity index (χ0) is 6.85. The minimum atomic E-state index is 0.654. The molecule has 3 heteroatoms. The van der Waals surface area contributed by atoms with E-state index >= 15 is 0 Å². The Morgan fingerprint density at radius 2 is 1.89 bits per heavy atom. The van der Waals surface area contributed by atoms with Gasteiger partial charge in [-0.2, -0.15) is 0 Å². The van der Waals surface area contributed by atoms with E-state index in [2.05, 4.69) is 0 Å². The summed E-state index contributed by atoms with van der Waals surface area (Å²) in [5.74, 6) is 0. The summed E-state index contributed by atoms with van der Waals surface area (Å²) in [5, 5.41) is 1.36. The van der Waals surface area contributed by atoms with Gasteiger partial charge < -0.3 is 0 Å². The van der Waals surface area contributed by atoms with Crippen LogP contribution in [0.15, 0.2) is 18.2 Å². The molecule has 1 aromatic carbocycles. The van der Waals surface area contributed by atoms with Gasteiger partial charge >= 0.3 is 79.1 Å². The van der Waals surface area contributed by atoms with Gasteiger partial charge in [-0.05, 0) is 0 Å². The van der Waals surface area contributed by atoms with Gasteiger partial charge in [-0.15, -0.1) is 0 Å². The molecule has 0 heterocycles. The van der Waals surface area contributed by atoms with Crippen molar-refractivity contribution in [2.45, 2.75) is 0 Å². The maximum atomic E-state index is 5.78. The van der Waals surface area contributed by atoms with Crippen molar-refractivity contribution >= 4 is 50.9 Å². The van der Waals surface area contributed by atoms with Crippen LogP contribution in [0.25, 0.3) is 0 Å².